The predicted molar refractivity (Wildman–Crippen MR) is 197 cm³/mol. The first kappa shape index (κ1) is 36.9. The van der Waals surface area contributed by atoms with Gasteiger partial charge in [-0.25, -0.2) is 0 Å². The van der Waals surface area contributed by atoms with Crippen molar-refractivity contribution in [2.75, 3.05) is 13.7 Å². The standard InChI is InChI=1S/C41H53NO5Si/c1-40(2,3)48(7,8)47-38(28-42-41(4,5)27-34-21-15-20-33(22-34)23-39(43)44-6)35-24-36(45-29-31-16-11-9-12-17-31)26-37(25-35)46-30-32-18-13-10-14-19-32/h9-22,24-26,38,42H,23,27-30H2,1-8H3/t38-/m0/s1. The van der Waals surface area contributed by atoms with Crippen LogP contribution in [0, 0.1) is 0 Å². The Morgan fingerprint density at radius 2 is 1.23 bits per heavy atom. The minimum Gasteiger partial charge on any atom is -0.489 e. The van der Waals surface area contributed by atoms with E-state index in [0.29, 0.717) is 19.8 Å². The molecule has 0 unspecified atom stereocenters. The highest BCUT2D eigenvalue weighted by molar-refractivity contribution is 6.74. The van der Waals surface area contributed by atoms with Crippen LogP contribution in [-0.4, -0.2) is 33.5 Å². The second-order valence-corrected chi connectivity index (χ2v) is 19.4. The fourth-order valence-electron chi connectivity index (χ4n) is 5.22. The summed E-state index contributed by atoms with van der Waals surface area (Å²) in [5, 5.41) is 3.85. The molecule has 0 aromatic heterocycles. The molecule has 0 saturated carbocycles. The molecule has 4 aromatic carbocycles. The highest BCUT2D eigenvalue weighted by atomic mass is 28.4. The van der Waals surface area contributed by atoms with Crippen molar-refractivity contribution in [1.29, 1.82) is 0 Å². The van der Waals surface area contributed by atoms with Gasteiger partial charge >= 0.3 is 5.97 Å². The molecule has 6 nitrogen and oxygen atoms in total. The first-order valence-corrected chi connectivity index (χ1v) is 19.7. The van der Waals surface area contributed by atoms with Gasteiger partial charge in [0.1, 0.15) is 24.7 Å². The number of benzene rings is 4. The number of rotatable bonds is 16. The van der Waals surface area contributed by atoms with Crippen LogP contribution < -0.4 is 14.8 Å². The van der Waals surface area contributed by atoms with Crippen LogP contribution in [0.25, 0.3) is 0 Å². The van der Waals surface area contributed by atoms with Crippen molar-refractivity contribution >= 4 is 14.3 Å². The molecule has 1 N–H and O–H groups in total. The van der Waals surface area contributed by atoms with Gasteiger partial charge in [0.05, 0.1) is 19.6 Å². The first-order chi connectivity index (χ1) is 22.7. The molecule has 7 heteroatoms. The molecule has 48 heavy (non-hydrogen) atoms. The van der Waals surface area contributed by atoms with Gasteiger partial charge in [-0.2, -0.15) is 0 Å². The molecule has 4 rings (SSSR count). The van der Waals surface area contributed by atoms with E-state index in [1.54, 1.807) is 0 Å². The Bertz CT molecular complexity index is 1540. The van der Waals surface area contributed by atoms with Crippen molar-refractivity contribution in [3.63, 3.8) is 0 Å². The summed E-state index contributed by atoms with van der Waals surface area (Å²) in [5.41, 5.74) is 5.06. The molecular formula is C41H53NO5Si. The number of esters is 1. The second kappa shape index (κ2) is 16.5. The average molecular weight is 668 g/mol. The van der Waals surface area contributed by atoms with Crippen molar-refractivity contribution < 1.29 is 23.4 Å². The van der Waals surface area contributed by atoms with Gasteiger partial charge in [0.15, 0.2) is 8.32 Å². The Labute approximate surface area is 288 Å². The van der Waals surface area contributed by atoms with E-state index >= 15 is 0 Å². The van der Waals surface area contributed by atoms with E-state index in [0.717, 1.165) is 45.7 Å². The Balaban J connectivity index is 1.61. The third-order valence-electron chi connectivity index (χ3n) is 8.99. The third kappa shape index (κ3) is 11.4. The first-order valence-electron chi connectivity index (χ1n) is 16.8. The summed E-state index contributed by atoms with van der Waals surface area (Å²) in [5.74, 6) is 1.24. The molecule has 4 aromatic rings. The third-order valence-corrected chi connectivity index (χ3v) is 13.5. The van der Waals surface area contributed by atoms with E-state index < -0.39 is 8.32 Å². The van der Waals surface area contributed by atoms with Gasteiger partial charge in [-0.05, 0) is 78.4 Å². The van der Waals surface area contributed by atoms with Crippen molar-refractivity contribution in [1.82, 2.24) is 5.32 Å². The zero-order chi connectivity index (χ0) is 34.8. The maximum absolute atomic E-state index is 11.9. The number of ether oxygens (including phenoxy) is 3. The Kier molecular flexibility index (Phi) is 12.7. The van der Waals surface area contributed by atoms with Gasteiger partial charge in [0.25, 0.3) is 0 Å². The van der Waals surface area contributed by atoms with Crippen LogP contribution in [0.3, 0.4) is 0 Å². The van der Waals surface area contributed by atoms with Gasteiger partial charge in [0, 0.05) is 18.2 Å². The molecule has 0 saturated heterocycles. The summed E-state index contributed by atoms with van der Waals surface area (Å²) in [7, 11) is -0.769. The van der Waals surface area contributed by atoms with Crippen LogP contribution in [-0.2, 0) is 40.0 Å². The van der Waals surface area contributed by atoms with Crippen LogP contribution in [0.1, 0.15) is 68.5 Å². The number of hydrogen-bond donors (Lipinski definition) is 1. The molecule has 0 aliphatic heterocycles. The fourth-order valence-corrected chi connectivity index (χ4v) is 6.50. The number of nitrogens with one attached hydrogen (secondary N) is 1. The van der Waals surface area contributed by atoms with Crippen LogP contribution >= 0.6 is 0 Å². The zero-order valence-corrected chi connectivity index (χ0v) is 31.0. The van der Waals surface area contributed by atoms with E-state index in [1.807, 2.05) is 54.6 Å². The minimum absolute atomic E-state index is 0.0227. The predicted octanol–water partition coefficient (Wildman–Crippen LogP) is 9.23. The summed E-state index contributed by atoms with van der Waals surface area (Å²) < 4.78 is 24.8. The summed E-state index contributed by atoms with van der Waals surface area (Å²) >= 11 is 0. The number of methoxy groups -OCH3 is 1. The molecular weight excluding hydrogens is 615 g/mol. The van der Waals surface area contributed by atoms with Crippen molar-refractivity contribution in [3.05, 3.63) is 131 Å². The maximum atomic E-state index is 11.9. The van der Waals surface area contributed by atoms with E-state index in [4.69, 9.17) is 18.6 Å². The van der Waals surface area contributed by atoms with Gasteiger partial charge < -0.3 is 24.0 Å². The summed E-state index contributed by atoms with van der Waals surface area (Å²) in [6.45, 7) is 17.3. The van der Waals surface area contributed by atoms with Gasteiger partial charge in [-0.15, -0.1) is 0 Å². The Morgan fingerprint density at radius 3 is 1.75 bits per heavy atom. The lowest BCUT2D eigenvalue weighted by atomic mass is 9.93. The summed E-state index contributed by atoms with van der Waals surface area (Å²) in [6, 6.07) is 34.7. The number of carbonyl (C=O) groups is 1. The zero-order valence-electron chi connectivity index (χ0n) is 30.0. The highest BCUT2D eigenvalue weighted by Gasteiger charge is 2.40. The van der Waals surface area contributed by atoms with Gasteiger partial charge in [-0.1, -0.05) is 106 Å². The van der Waals surface area contributed by atoms with Crippen molar-refractivity contribution in [3.8, 4) is 11.5 Å². The van der Waals surface area contributed by atoms with Crippen molar-refractivity contribution in [2.24, 2.45) is 0 Å². The molecule has 1 atom stereocenters. The van der Waals surface area contributed by atoms with Gasteiger partial charge in [-0.3, -0.25) is 4.79 Å². The molecule has 0 bridgehead atoms. The van der Waals surface area contributed by atoms with E-state index in [2.05, 4.69) is 102 Å². The number of hydrogen-bond acceptors (Lipinski definition) is 6. The van der Waals surface area contributed by atoms with E-state index in [9.17, 15) is 4.79 Å². The minimum atomic E-state index is -2.19. The summed E-state index contributed by atoms with van der Waals surface area (Å²) in [6.07, 6.45) is 0.800. The lowest BCUT2D eigenvalue weighted by molar-refractivity contribution is -0.139. The average Bonchev–Trinajstić information content (AvgIpc) is 3.05. The van der Waals surface area contributed by atoms with Crippen LogP contribution in [0.2, 0.25) is 18.1 Å². The highest BCUT2D eigenvalue weighted by Crippen LogP contribution is 2.41. The van der Waals surface area contributed by atoms with Gasteiger partial charge in [0.2, 0.25) is 0 Å². The molecule has 0 aliphatic rings. The quantitative estimate of drug-likeness (QED) is 0.0950. The number of carbonyl (C=O) groups excluding carboxylic acids is 1. The second-order valence-electron chi connectivity index (χ2n) is 14.7. The lowest BCUT2D eigenvalue weighted by Crippen LogP contribution is -2.47. The SMILES string of the molecule is COC(=O)Cc1cccc(CC(C)(C)NC[C@H](O[Si](C)(C)C(C)(C)C)c2cc(OCc3ccccc3)cc(OCc3ccccc3)c2)c1. The lowest BCUT2D eigenvalue weighted by Gasteiger charge is -2.40. The maximum Gasteiger partial charge on any atom is 0.309 e. The largest absolute Gasteiger partial charge is 0.489 e. The molecule has 0 spiro atoms. The van der Waals surface area contributed by atoms with Crippen LogP contribution in [0.15, 0.2) is 103 Å². The van der Waals surface area contributed by atoms with Crippen molar-refractivity contribution in [2.45, 2.75) is 90.4 Å². The normalized spacial score (nSPS) is 12.8. The smallest absolute Gasteiger partial charge is 0.309 e. The Morgan fingerprint density at radius 1 is 0.708 bits per heavy atom. The Hall–Kier alpha value is -3.91. The van der Waals surface area contributed by atoms with Crippen LogP contribution in [0.4, 0.5) is 0 Å². The monoisotopic (exact) mass is 667 g/mol. The summed E-state index contributed by atoms with van der Waals surface area (Å²) in [4.78, 5) is 11.9. The van der Waals surface area contributed by atoms with E-state index in [1.165, 1.54) is 7.11 Å². The molecule has 0 amide bonds. The molecule has 0 radical (unpaired) electrons. The fraction of sp³-hybridized carbons (Fsp3) is 0.390. The van der Waals surface area contributed by atoms with E-state index in [-0.39, 0.29) is 29.1 Å². The van der Waals surface area contributed by atoms with Crippen LogP contribution in [0.5, 0.6) is 11.5 Å². The molecule has 0 heterocycles. The molecule has 0 aliphatic carbocycles. The molecule has 0 fully saturated rings. The topological polar surface area (TPSA) is 66.0 Å². The molecule has 256 valence electrons.